The van der Waals surface area contributed by atoms with Crippen LogP contribution in [0.5, 0.6) is 11.5 Å². The number of rotatable bonds is 2. The van der Waals surface area contributed by atoms with Crippen LogP contribution in [0, 0.1) is 0 Å². The fraction of sp³-hybridized carbons (Fsp3) is 0.143. The number of carbonyl (C=O) groups excluding carboxylic acids is 2. The molecule has 0 spiro atoms. The molecule has 146 valence electrons. The summed E-state index contributed by atoms with van der Waals surface area (Å²) in [5.74, 6) is -2.42. The number of carbonyl (C=O) groups is 2. The smallest absolute Gasteiger partial charge is 0.449 e. The lowest BCUT2D eigenvalue weighted by atomic mass is 9.85. The maximum Gasteiger partial charge on any atom is 0.449 e. The Hall–Kier alpha value is -3.55. The number of ether oxygens (including phenoxy) is 2. The van der Waals surface area contributed by atoms with E-state index in [1.54, 1.807) is 24.3 Å². The maximum absolute atomic E-state index is 13.7. The first-order valence-electron chi connectivity index (χ1n) is 8.64. The van der Waals surface area contributed by atoms with Crippen molar-refractivity contribution in [3.05, 3.63) is 81.8 Å². The Morgan fingerprint density at radius 3 is 2.31 bits per heavy atom. The Morgan fingerprint density at radius 1 is 0.897 bits per heavy atom. The van der Waals surface area contributed by atoms with Gasteiger partial charge in [-0.2, -0.15) is 13.2 Å². The highest BCUT2D eigenvalue weighted by atomic mass is 19.4. The molecule has 5 rings (SSSR count). The van der Waals surface area contributed by atoms with E-state index in [9.17, 15) is 22.8 Å². The number of furan rings is 1. The van der Waals surface area contributed by atoms with Crippen LogP contribution in [0.2, 0.25) is 0 Å². The second kappa shape index (κ2) is 5.97. The van der Waals surface area contributed by atoms with Gasteiger partial charge in [0, 0.05) is 23.1 Å². The monoisotopic (exact) mass is 400 g/mol. The van der Waals surface area contributed by atoms with Crippen LogP contribution in [-0.4, -0.2) is 18.4 Å². The molecule has 2 aliphatic rings. The van der Waals surface area contributed by atoms with Crippen molar-refractivity contribution in [2.24, 2.45) is 0 Å². The van der Waals surface area contributed by atoms with E-state index in [2.05, 4.69) is 0 Å². The molecule has 0 N–H and O–H groups in total. The molecule has 1 aromatic heterocycles. The van der Waals surface area contributed by atoms with Gasteiger partial charge < -0.3 is 13.9 Å². The molecular weight excluding hydrogens is 389 g/mol. The average Bonchev–Trinajstić information content (AvgIpc) is 3.30. The third-order valence-corrected chi connectivity index (χ3v) is 4.93. The van der Waals surface area contributed by atoms with Gasteiger partial charge in [0.25, 0.3) is 0 Å². The molecule has 2 aromatic carbocycles. The molecule has 0 unspecified atom stereocenters. The normalized spacial score (nSPS) is 14.7. The summed E-state index contributed by atoms with van der Waals surface area (Å²) in [5, 5.41) is 0. The summed E-state index contributed by atoms with van der Waals surface area (Å²) in [6.07, 6.45) is -5.12. The molecule has 29 heavy (non-hydrogen) atoms. The SMILES string of the molecule is O=C1c2ccccc2C(=O)c2c1oc(C(F)(F)F)c2Cc1ccc2c(c1)OCO2. The number of fused-ring (bicyclic) bond motifs is 3. The van der Waals surface area contributed by atoms with E-state index >= 15 is 0 Å². The highest BCUT2D eigenvalue weighted by Gasteiger charge is 2.45. The van der Waals surface area contributed by atoms with Crippen molar-refractivity contribution in [2.75, 3.05) is 6.79 Å². The zero-order valence-electron chi connectivity index (χ0n) is 14.6. The topological polar surface area (TPSA) is 65.7 Å². The van der Waals surface area contributed by atoms with E-state index in [0.29, 0.717) is 17.1 Å². The first-order chi connectivity index (χ1) is 13.8. The molecule has 0 radical (unpaired) electrons. The van der Waals surface area contributed by atoms with Crippen LogP contribution in [0.25, 0.3) is 0 Å². The van der Waals surface area contributed by atoms with E-state index in [1.807, 2.05) is 0 Å². The molecule has 0 saturated heterocycles. The number of alkyl halides is 3. The van der Waals surface area contributed by atoms with Gasteiger partial charge in [-0.15, -0.1) is 0 Å². The lowest BCUT2D eigenvalue weighted by molar-refractivity contribution is -0.153. The molecule has 1 aliphatic carbocycles. The third kappa shape index (κ3) is 2.63. The summed E-state index contributed by atoms with van der Waals surface area (Å²) >= 11 is 0. The standard InChI is InChI=1S/C21H11F3O5/c22-21(23,24)20-13(7-10-5-6-14-15(8-10)28-9-27-14)16-17(25)11-3-1-2-4-12(11)18(26)19(16)29-20/h1-6,8H,7,9H2. The molecule has 5 nitrogen and oxygen atoms in total. The first kappa shape index (κ1) is 17.5. The Labute approximate surface area is 161 Å². The molecule has 0 bridgehead atoms. The number of halogens is 3. The lowest BCUT2D eigenvalue weighted by Crippen LogP contribution is -2.20. The van der Waals surface area contributed by atoms with Crippen LogP contribution in [0.15, 0.2) is 46.9 Å². The molecule has 0 fully saturated rings. The predicted molar refractivity (Wildman–Crippen MR) is 92.4 cm³/mol. The average molecular weight is 400 g/mol. The van der Waals surface area contributed by atoms with E-state index < -0.39 is 29.3 Å². The van der Waals surface area contributed by atoms with Gasteiger partial charge in [0.05, 0.1) is 5.56 Å². The molecule has 0 amide bonds. The second-order valence-electron chi connectivity index (χ2n) is 6.68. The first-order valence-corrected chi connectivity index (χ1v) is 8.64. The second-order valence-corrected chi connectivity index (χ2v) is 6.68. The number of ketones is 2. The largest absolute Gasteiger partial charge is 0.454 e. The highest BCUT2D eigenvalue weighted by Crippen LogP contribution is 2.42. The van der Waals surface area contributed by atoms with Gasteiger partial charge >= 0.3 is 6.18 Å². The van der Waals surface area contributed by atoms with Gasteiger partial charge in [-0.3, -0.25) is 9.59 Å². The van der Waals surface area contributed by atoms with Crippen LogP contribution in [-0.2, 0) is 12.6 Å². The summed E-state index contributed by atoms with van der Waals surface area (Å²) in [6.45, 7) is 0.0253. The Morgan fingerprint density at radius 2 is 1.59 bits per heavy atom. The number of benzene rings is 2. The van der Waals surface area contributed by atoms with Gasteiger partial charge in [0.2, 0.25) is 18.3 Å². The van der Waals surface area contributed by atoms with Crippen molar-refractivity contribution in [3.8, 4) is 11.5 Å². The summed E-state index contributed by atoms with van der Waals surface area (Å²) in [7, 11) is 0. The minimum Gasteiger partial charge on any atom is -0.454 e. The van der Waals surface area contributed by atoms with Gasteiger partial charge in [-0.1, -0.05) is 30.3 Å². The molecular formula is C21H11F3O5. The van der Waals surface area contributed by atoms with Crippen LogP contribution in [0.3, 0.4) is 0 Å². The number of hydrogen-bond donors (Lipinski definition) is 0. The maximum atomic E-state index is 13.7. The minimum absolute atomic E-state index is 0.0253. The van der Waals surface area contributed by atoms with Crippen LogP contribution < -0.4 is 9.47 Å². The highest BCUT2D eigenvalue weighted by molar-refractivity contribution is 6.28. The van der Waals surface area contributed by atoms with Crippen molar-refractivity contribution in [3.63, 3.8) is 0 Å². The van der Waals surface area contributed by atoms with E-state index in [0.717, 1.165) is 0 Å². The van der Waals surface area contributed by atoms with Crippen LogP contribution in [0.4, 0.5) is 13.2 Å². The fourth-order valence-electron chi connectivity index (χ4n) is 3.65. The molecule has 8 heteroatoms. The summed E-state index contributed by atoms with van der Waals surface area (Å²) in [6, 6.07) is 10.6. The molecule has 0 saturated carbocycles. The van der Waals surface area contributed by atoms with Gasteiger partial charge in [0.15, 0.2) is 23.0 Å². The van der Waals surface area contributed by atoms with Gasteiger partial charge in [-0.05, 0) is 17.7 Å². The van der Waals surface area contributed by atoms with Crippen LogP contribution in [0.1, 0.15) is 48.9 Å². The van der Waals surface area contributed by atoms with Crippen molar-refractivity contribution in [1.29, 1.82) is 0 Å². The van der Waals surface area contributed by atoms with Crippen molar-refractivity contribution in [2.45, 2.75) is 12.6 Å². The molecule has 2 heterocycles. The quantitative estimate of drug-likeness (QED) is 0.499. The van der Waals surface area contributed by atoms with E-state index in [1.165, 1.54) is 18.2 Å². The zero-order chi connectivity index (χ0) is 20.3. The lowest BCUT2D eigenvalue weighted by Gasteiger charge is -2.14. The third-order valence-electron chi connectivity index (χ3n) is 4.93. The van der Waals surface area contributed by atoms with Crippen molar-refractivity contribution < 1.29 is 36.7 Å². The van der Waals surface area contributed by atoms with Crippen molar-refractivity contribution in [1.82, 2.24) is 0 Å². The van der Waals surface area contributed by atoms with Crippen LogP contribution >= 0.6 is 0 Å². The summed E-state index contributed by atoms with van der Waals surface area (Å²) < 4.78 is 56.5. The van der Waals surface area contributed by atoms with Gasteiger partial charge in [0.1, 0.15) is 0 Å². The Bertz CT molecular complexity index is 1190. The Balaban J connectivity index is 1.68. The Kier molecular flexibility index (Phi) is 3.61. The zero-order valence-corrected chi connectivity index (χ0v) is 14.6. The summed E-state index contributed by atoms with van der Waals surface area (Å²) in [4.78, 5) is 25.7. The van der Waals surface area contributed by atoms with E-state index in [4.69, 9.17) is 13.9 Å². The number of hydrogen-bond acceptors (Lipinski definition) is 5. The van der Waals surface area contributed by atoms with Gasteiger partial charge in [-0.25, -0.2) is 0 Å². The van der Waals surface area contributed by atoms with E-state index in [-0.39, 0.29) is 35.5 Å². The van der Waals surface area contributed by atoms with Crippen molar-refractivity contribution >= 4 is 11.6 Å². The summed E-state index contributed by atoms with van der Waals surface area (Å²) in [5.41, 5.74) is -0.145. The molecule has 3 aromatic rings. The fourth-order valence-corrected chi connectivity index (χ4v) is 3.65. The molecule has 0 atom stereocenters. The predicted octanol–water partition coefficient (Wildman–Crippen LogP) is 4.39. The minimum atomic E-state index is -4.87. The molecule has 1 aliphatic heterocycles.